The average molecular weight is 410 g/mol. The first-order valence-corrected chi connectivity index (χ1v) is 8.50. The van der Waals surface area contributed by atoms with Gasteiger partial charge in [-0.3, -0.25) is 4.79 Å². The second-order valence-corrected chi connectivity index (χ2v) is 6.36. The van der Waals surface area contributed by atoms with Crippen LogP contribution in [0, 0.1) is 0 Å². The second-order valence-electron chi connectivity index (χ2n) is 5.93. The van der Waals surface area contributed by atoms with Gasteiger partial charge in [0.05, 0.1) is 0 Å². The lowest BCUT2D eigenvalue weighted by Crippen LogP contribution is -2.31. The van der Waals surface area contributed by atoms with Gasteiger partial charge in [-0.15, -0.1) is 13.2 Å². The van der Waals surface area contributed by atoms with Gasteiger partial charge in [-0.05, 0) is 42.0 Å². The first kappa shape index (κ1) is 19.8. The SMILES string of the molecule is Cn1ccnc1[C@@H](NC(=O)c1ccc(OC(F)(F)F)cc1)c1ccc(Cl)cc1. The van der Waals surface area contributed by atoms with E-state index in [0.717, 1.165) is 17.7 Å². The molecule has 1 N–H and O–H groups in total. The predicted octanol–water partition coefficient (Wildman–Crippen LogP) is 4.49. The molecule has 0 radical (unpaired) electrons. The number of alkyl halides is 3. The highest BCUT2D eigenvalue weighted by Crippen LogP contribution is 2.25. The highest BCUT2D eigenvalue weighted by molar-refractivity contribution is 6.30. The summed E-state index contributed by atoms with van der Waals surface area (Å²) in [5.41, 5.74) is 0.937. The Hall–Kier alpha value is -3.00. The largest absolute Gasteiger partial charge is 0.573 e. The number of nitrogens with one attached hydrogen (secondary N) is 1. The Morgan fingerprint density at radius 3 is 2.32 bits per heavy atom. The van der Waals surface area contributed by atoms with Crippen LogP contribution in [0.15, 0.2) is 60.9 Å². The van der Waals surface area contributed by atoms with Gasteiger partial charge < -0.3 is 14.6 Å². The molecule has 28 heavy (non-hydrogen) atoms. The standard InChI is InChI=1S/C19H15ClF3N3O2/c1-26-11-10-24-17(26)16(12-2-6-14(20)7-3-12)25-18(27)13-4-8-15(9-5-13)28-19(21,22)23/h2-11,16H,1H3,(H,25,27)/t16-/m0/s1. The Morgan fingerprint density at radius 2 is 1.79 bits per heavy atom. The van der Waals surface area contributed by atoms with Crippen molar-refractivity contribution in [3.63, 3.8) is 0 Å². The molecule has 0 spiro atoms. The van der Waals surface area contributed by atoms with Crippen LogP contribution in [0.25, 0.3) is 0 Å². The number of amides is 1. The van der Waals surface area contributed by atoms with Crippen molar-refractivity contribution in [2.24, 2.45) is 7.05 Å². The summed E-state index contributed by atoms with van der Waals surface area (Å²) in [5.74, 6) is -0.281. The molecule has 0 saturated heterocycles. The zero-order valence-electron chi connectivity index (χ0n) is 14.6. The van der Waals surface area contributed by atoms with Crippen molar-refractivity contribution in [1.82, 2.24) is 14.9 Å². The van der Waals surface area contributed by atoms with E-state index in [4.69, 9.17) is 11.6 Å². The van der Waals surface area contributed by atoms with Crippen LogP contribution < -0.4 is 10.1 Å². The number of hydrogen-bond acceptors (Lipinski definition) is 3. The van der Waals surface area contributed by atoms with Crippen LogP contribution in [0.3, 0.4) is 0 Å². The highest BCUT2D eigenvalue weighted by atomic mass is 35.5. The smallest absolute Gasteiger partial charge is 0.406 e. The monoisotopic (exact) mass is 409 g/mol. The Balaban J connectivity index is 1.83. The van der Waals surface area contributed by atoms with Crippen molar-refractivity contribution in [3.05, 3.63) is 82.9 Å². The third-order valence-electron chi connectivity index (χ3n) is 3.95. The number of halogens is 4. The zero-order valence-corrected chi connectivity index (χ0v) is 15.3. The van der Waals surface area contributed by atoms with Crippen LogP contribution in [0.1, 0.15) is 27.8 Å². The molecule has 3 aromatic rings. The minimum Gasteiger partial charge on any atom is -0.406 e. The zero-order chi connectivity index (χ0) is 20.3. The van der Waals surface area contributed by atoms with E-state index in [2.05, 4.69) is 15.0 Å². The third-order valence-corrected chi connectivity index (χ3v) is 4.20. The number of benzene rings is 2. The van der Waals surface area contributed by atoms with Gasteiger partial charge in [0.15, 0.2) is 0 Å². The van der Waals surface area contributed by atoms with E-state index >= 15 is 0 Å². The normalized spacial score (nSPS) is 12.5. The lowest BCUT2D eigenvalue weighted by molar-refractivity contribution is -0.274. The summed E-state index contributed by atoms with van der Waals surface area (Å²) < 4.78 is 42.4. The van der Waals surface area contributed by atoms with E-state index in [1.165, 1.54) is 12.1 Å². The molecule has 0 aliphatic rings. The fourth-order valence-electron chi connectivity index (χ4n) is 2.63. The second kappa shape index (κ2) is 7.93. The summed E-state index contributed by atoms with van der Waals surface area (Å²) in [6.45, 7) is 0. The molecule has 2 aromatic carbocycles. The van der Waals surface area contributed by atoms with Crippen molar-refractivity contribution in [1.29, 1.82) is 0 Å². The summed E-state index contributed by atoms with van der Waals surface area (Å²) in [4.78, 5) is 16.9. The molecule has 1 heterocycles. The van der Waals surface area contributed by atoms with E-state index in [1.807, 2.05) is 0 Å². The third kappa shape index (κ3) is 4.83. The lowest BCUT2D eigenvalue weighted by atomic mass is 10.1. The molecule has 0 fully saturated rings. The maximum Gasteiger partial charge on any atom is 0.573 e. The molecule has 0 aliphatic heterocycles. The van der Waals surface area contributed by atoms with E-state index in [-0.39, 0.29) is 5.56 Å². The average Bonchev–Trinajstić information content (AvgIpc) is 3.05. The first-order valence-electron chi connectivity index (χ1n) is 8.12. The van der Waals surface area contributed by atoms with E-state index in [9.17, 15) is 18.0 Å². The molecule has 0 unspecified atom stereocenters. The summed E-state index contributed by atoms with van der Waals surface area (Å²) in [5, 5.41) is 3.40. The molecule has 9 heteroatoms. The quantitative estimate of drug-likeness (QED) is 0.675. The summed E-state index contributed by atoms with van der Waals surface area (Å²) in [6, 6.07) is 11.0. The number of carbonyl (C=O) groups is 1. The first-order chi connectivity index (χ1) is 13.2. The van der Waals surface area contributed by atoms with Crippen LogP contribution in [-0.2, 0) is 7.05 Å². The van der Waals surface area contributed by atoms with Gasteiger partial charge in [0.1, 0.15) is 17.6 Å². The molecule has 3 rings (SSSR count). The molecule has 5 nitrogen and oxygen atoms in total. The van der Waals surface area contributed by atoms with Gasteiger partial charge in [0, 0.05) is 30.0 Å². The summed E-state index contributed by atoms with van der Waals surface area (Å²) >= 11 is 5.93. The summed E-state index contributed by atoms with van der Waals surface area (Å²) in [6.07, 6.45) is -1.44. The number of carbonyl (C=O) groups excluding carboxylic acids is 1. The van der Waals surface area contributed by atoms with Crippen molar-refractivity contribution >= 4 is 17.5 Å². The van der Waals surface area contributed by atoms with Crippen LogP contribution in [-0.4, -0.2) is 21.8 Å². The number of imidazole rings is 1. The van der Waals surface area contributed by atoms with Crippen molar-refractivity contribution in [2.45, 2.75) is 12.4 Å². The van der Waals surface area contributed by atoms with E-state index < -0.39 is 24.1 Å². The molecule has 1 atom stereocenters. The Bertz CT molecular complexity index is 954. The van der Waals surface area contributed by atoms with E-state index in [1.54, 1.807) is 48.3 Å². The number of aryl methyl sites for hydroxylation is 1. The molecule has 146 valence electrons. The van der Waals surface area contributed by atoms with Gasteiger partial charge in [0.2, 0.25) is 0 Å². The van der Waals surface area contributed by atoms with Crippen LogP contribution in [0.2, 0.25) is 5.02 Å². The topological polar surface area (TPSA) is 56.2 Å². The van der Waals surface area contributed by atoms with Crippen molar-refractivity contribution < 1.29 is 22.7 Å². The molecule has 0 aliphatic carbocycles. The number of ether oxygens (including phenoxy) is 1. The van der Waals surface area contributed by atoms with Crippen LogP contribution in [0.5, 0.6) is 5.75 Å². The Labute approximate surface area is 163 Å². The molecule has 1 amide bonds. The Kier molecular flexibility index (Phi) is 5.60. The van der Waals surface area contributed by atoms with E-state index in [0.29, 0.717) is 10.8 Å². The molecule has 1 aromatic heterocycles. The minimum absolute atomic E-state index is 0.183. The molecular formula is C19H15ClF3N3O2. The molecule has 0 bridgehead atoms. The van der Waals surface area contributed by atoms with Crippen molar-refractivity contribution in [3.8, 4) is 5.75 Å². The van der Waals surface area contributed by atoms with Crippen LogP contribution in [0.4, 0.5) is 13.2 Å². The fourth-order valence-corrected chi connectivity index (χ4v) is 2.76. The van der Waals surface area contributed by atoms with Crippen molar-refractivity contribution in [2.75, 3.05) is 0 Å². The number of aromatic nitrogens is 2. The molecular weight excluding hydrogens is 395 g/mol. The van der Waals surface area contributed by atoms with Gasteiger partial charge in [-0.2, -0.15) is 0 Å². The number of nitrogens with zero attached hydrogens (tertiary/aromatic N) is 2. The highest BCUT2D eigenvalue weighted by Gasteiger charge is 2.31. The van der Waals surface area contributed by atoms with Gasteiger partial charge in [0.25, 0.3) is 5.91 Å². The van der Waals surface area contributed by atoms with Gasteiger partial charge in [-0.25, -0.2) is 4.98 Å². The fraction of sp³-hybridized carbons (Fsp3) is 0.158. The maximum atomic E-state index is 12.7. The molecule has 0 saturated carbocycles. The minimum atomic E-state index is -4.79. The predicted molar refractivity (Wildman–Crippen MR) is 97.1 cm³/mol. The van der Waals surface area contributed by atoms with Gasteiger partial charge in [-0.1, -0.05) is 23.7 Å². The van der Waals surface area contributed by atoms with Crippen LogP contribution >= 0.6 is 11.6 Å². The lowest BCUT2D eigenvalue weighted by Gasteiger charge is -2.19. The van der Waals surface area contributed by atoms with Gasteiger partial charge >= 0.3 is 6.36 Å². The summed E-state index contributed by atoms with van der Waals surface area (Å²) in [7, 11) is 1.79. The number of hydrogen-bond donors (Lipinski definition) is 1. The Morgan fingerprint density at radius 1 is 1.14 bits per heavy atom. The maximum absolute atomic E-state index is 12.7. The number of rotatable bonds is 5.